The van der Waals surface area contributed by atoms with Crippen molar-refractivity contribution in [2.75, 3.05) is 95.1 Å². The third-order valence-corrected chi connectivity index (χ3v) is 5.54. The van der Waals surface area contributed by atoms with Crippen LogP contribution in [0.3, 0.4) is 0 Å². The summed E-state index contributed by atoms with van der Waals surface area (Å²) in [5, 5.41) is 0. The first-order chi connectivity index (χ1) is 13.7. The standard InChI is InChI=1S/C19H30N6O3/c1-16-14-17(23-6-10-27-11-7-23)21-19(20-16)25-4-2-22(3-5-25)15-18(26)24-8-12-28-13-9-24/h14H,2-13,15H2,1H3. The molecule has 0 spiro atoms. The number of anilines is 2. The van der Waals surface area contributed by atoms with Crippen LogP contribution in [0.4, 0.5) is 11.8 Å². The van der Waals surface area contributed by atoms with Gasteiger partial charge in [0.15, 0.2) is 0 Å². The lowest BCUT2D eigenvalue weighted by Gasteiger charge is -2.36. The Bertz CT molecular complexity index is 668. The minimum absolute atomic E-state index is 0.207. The lowest BCUT2D eigenvalue weighted by molar-refractivity contribution is -0.136. The third-order valence-electron chi connectivity index (χ3n) is 5.54. The summed E-state index contributed by atoms with van der Waals surface area (Å²) in [4.78, 5) is 30.6. The summed E-state index contributed by atoms with van der Waals surface area (Å²) in [5.41, 5.74) is 0.983. The number of hydrogen-bond acceptors (Lipinski definition) is 8. The molecule has 154 valence electrons. The van der Waals surface area contributed by atoms with Crippen LogP contribution in [0.25, 0.3) is 0 Å². The highest BCUT2D eigenvalue weighted by atomic mass is 16.5. The Kier molecular flexibility index (Phi) is 6.23. The number of piperazine rings is 1. The fraction of sp³-hybridized carbons (Fsp3) is 0.737. The molecule has 4 rings (SSSR count). The van der Waals surface area contributed by atoms with Gasteiger partial charge in [0, 0.05) is 64.1 Å². The van der Waals surface area contributed by atoms with Gasteiger partial charge in [0.1, 0.15) is 5.82 Å². The molecule has 1 aromatic heterocycles. The summed E-state index contributed by atoms with van der Waals surface area (Å²) >= 11 is 0. The largest absolute Gasteiger partial charge is 0.378 e. The van der Waals surface area contributed by atoms with E-state index in [9.17, 15) is 4.79 Å². The molecule has 0 saturated carbocycles. The molecule has 0 bridgehead atoms. The summed E-state index contributed by atoms with van der Waals surface area (Å²) < 4.78 is 10.8. The van der Waals surface area contributed by atoms with Crippen LogP contribution >= 0.6 is 0 Å². The number of aromatic nitrogens is 2. The minimum Gasteiger partial charge on any atom is -0.378 e. The Morgan fingerprint density at radius 1 is 0.893 bits per heavy atom. The van der Waals surface area contributed by atoms with Crippen molar-refractivity contribution in [3.63, 3.8) is 0 Å². The number of rotatable bonds is 4. The maximum absolute atomic E-state index is 12.5. The third kappa shape index (κ3) is 4.71. The molecule has 9 heteroatoms. The molecule has 1 aromatic rings. The van der Waals surface area contributed by atoms with Gasteiger partial charge < -0.3 is 24.2 Å². The van der Waals surface area contributed by atoms with Crippen LogP contribution < -0.4 is 9.80 Å². The Hall–Kier alpha value is -1.97. The van der Waals surface area contributed by atoms with Crippen LogP contribution in [-0.4, -0.2) is 111 Å². The van der Waals surface area contributed by atoms with E-state index in [0.29, 0.717) is 32.8 Å². The number of aryl methyl sites for hydroxylation is 1. The molecule has 3 aliphatic rings. The zero-order valence-electron chi connectivity index (χ0n) is 16.7. The topological polar surface area (TPSA) is 74.3 Å². The minimum atomic E-state index is 0.207. The van der Waals surface area contributed by atoms with Crippen LogP contribution in [0.1, 0.15) is 5.69 Å². The van der Waals surface area contributed by atoms with Gasteiger partial charge in [-0.1, -0.05) is 0 Å². The molecule has 0 aromatic carbocycles. The van der Waals surface area contributed by atoms with E-state index in [-0.39, 0.29) is 5.91 Å². The van der Waals surface area contributed by atoms with E-state index in [4.69, 9.17) is 14.5 Å². The quantitative estimate of drug-likeness (QED) is 0.688. The average molecular weight is 390 g/mol. The lowest BCUT2D eigenvalue weighted by atomic mass is 10.3. The first-order valence-electron chi connectivity index (χ1n) is 10.2. The van der Waals surface area contributed by atoms with Crippen molar-refractivity contribution < 1.29 is 14.3 Å². The van der Waals surface area contributed by atoms with Crippen molar-refractivity contribution in [3.8, 4) is 0 Å². The molecule has 0 radical (unpaired) electrons. The van der Waals surface area contributed by atoms with Crippen molar-refractivity contribution in [1.82, 2.24) is 19.8 Å². The maximum atomic E-state index is 12.5. The van der Waals surface area contributed by atoms with Gasteiger partial charge in [-0.2, -0.15) is 4.98 Å². The molecule has 9 nitrogen and oxygen atoms in total. The van der Waals surface area contributed by atoms with Gasteiger partial charge in [0.05, 0.1) is 33.0 Å². The predicted octanol–water partition coefficient (Wildman–Crippen LogP) is -0.398. The summed E-state index contributed by atoms with van der Waals surface area (Å²) in [6.07, 6.45) is 0. The first-order valence-corrected chi connectivity index (χ1v) is 10.2. The number of hydrogen-bond donors (Lipinski definition) is 0. The molecule has 0 unspecified atom stereocenters. The second kappa shape index (κ2) is 9.02. The molecule has 3 fully saturated rings. The maximum Gasteiger partial charge on any atom is 0.236 e. The lowest BCUT2D eigenvalue weighted by Crippen LogP contribution is -2.52. The fourth-order valence-electron chi connectivity index (χ4n) is 3.84. The predicted molar refractivity (Wildman–Crippen MR) is 106 cm³/mol. The highest BCUT2D eigenvalue weighted by molar-refractivity contribution is 5.78. The van der Waals surface area contributed by atoms with Crippen molar-refractivity contribution in [2.45, 2.75) is 6.92 Å². The Morgan fingerprint density at radius 3 is 2.21 bits per heavy atom. The van der Waals surface area contributed by atoms with E-state index in [1.54, 1.807) is 0 Å². The van der Waals surface area contributed by atoms with E-state index in [2.05, 4.69) is 19.7 Å². The number of amides is 1. The second-order valence-electron chi connectivity index (χ2n) is 7.52. The van der Waals surface area contributed by atoms with Crippen LogP contribution in [0.15, 0.2) is 6.07 Å². The number of nitrogens with zero attached hydrogens (tertiary/aromatic N) is 6. The molecule has 3 saturated heterocycles. The SMILES string of the molecule is Cc1cc(N2CCOCC2)nc(N2CCN(CC(=O)N3CCOCC3)CC2)n1. The Labute approximate surface area is 166 Å². The fourth-order valence-corrected chi connectivity index (χ4v) is 3.84. The van der Waals surface area contributed by atoms with Gasteiger partial charge in [0.25, 0.3) is 0 Å². The van der Waals surface area contributed by atoms with Crippen LogP contribution in [0.2, 0.25) is 0 Å². The number of ether oxygens (including phenoxy) is 2. The normalized spacial score (nSPS) is 21.8. The molecule has 0 N–H and O–H groups in total. The van der Waals surface area contributed by atoms with E-state index >= 15 is 0 Å². The summed E-state index contributed by atoms with van der Waals surface area (Å²) in [7, 11) is 0. The van der Waals surface area contributed by atoms with Gasteiger partial charge in [-0.3, -0.25) is 9.69 Å². The smallest absolute Gasteiger partial charge is 0.236 e. The van der Waals surface area contributed by atoms with Gasteiger partial charge in [-0.25, -0.2) is 4.98 Å². The number of carbonyl (C=O) groups excluding carboxylic acids is 1. The molecule has 28 heavy (non-hydrogen) atoms. The monoisotopic (exact) mass is 390 g/mol. The average Bonchev–Trinajstić information content (AvgIpc) is 2.75. The van der Waals surface area contributed by atoms with Gasteiger partial charge in [-0.15, -0.1) is 0 Å². The number of carbonyl (C=O) groups is 1. The Balaban J connectivity index is 1.33. The van der Waals surface area contributed by atoms with Crippen molar-refractivity contribution in [3.05, 3.63) is 11.8 Å². The van der Waals surface area contributed by atoms with E-state index < -0.39 is 0 Å². The van der Waals surface area contributed by atoms with E-state index in [1.165, 1.54) is 0 Å². The highest BCUT2D eigenvalue weighted by Gasteiger charge is 2.24. The molecule has 0 atom stereocenters. The van der Waals surface area contributed by atoms with Crippen molar-refractivity contribution in [1.29, 1.82) is 0 Å². The van der Waals surface area contributed by atoms with Crippen LogP contribution in [0.5, 0.6) is 0 Å². The molecular weight excluding hydrogens is 360 g/mol. The highest BCUT2D eigenvalue weighted by Crippen LogP contribution is 2.19. The van der Waals surface area contributed by atoms with Gasteiger partial charge in [-0.05, 0) is 6.92 Å². The molecule has 4 heterocycles. The zero-order valence-corrected chi connectivity index (χ0v) is 16.7. The summed E-state index contributed by atoms with van der Waals surface area (Å²) in [6.45, 7) is 11.8. The van der Waals surface area contributed by atoms with Crippen molar-refractivity contribution >= 4 is 17.7 Å². The summed E-state index contributed by atoms with van der Waals surface area (Å²) in [5.74, 6) is 1.98. The van der Waals surface area contributed by atoms with Gasteiger partial charge >= 0.3 is 0 Å². The summed E-state index contributed by atoms with van der Waals surface area (Å²) in [6, 6.07) is 2.05. The second-order valence-corrected chi connectivity index (χ2v) is 7.52. The van der Waals surface area contributed by atoms with E-state index in [1.807, 2.05) is 17.9 Å². The van der Waals surface area contributed by atoms with Crippen molar-refractivity contribution in [2.24, 2.45) is 0 Å². The van der Waals surface area contributed by atoms with Crippen LogP contribution in [-0.2, 0) is 14.3 Å². The van der Waals surface area contributed by atoms with Gasteiger partial charge in [0.2, 0.25) is 11.9 Å². The van der Waals surface area contributed by atoms with E-state index in [0.717, 1.165) is 69.9 Å². The molecule has 1 amide bonds. The molecule has 0 aliphatic carbocycles. The zero-order chi connectivity index (χ0) is 19.3. The Morgan fingerprint density at radius 2 is 1.54 bits per heavy atom. The van der Waals surface area contributed by atoms with Crippen LogP contribution in [0, 0.1) is 6.92 Å². The number of morpholine rings is 2. The molecular formula is C19H30N6O3. The first kappa shape index (κ1) is 19.4. The molecule has 3 aliphatic heterocycles.